The molecule has 1 fully saturated rings. The highest BCUT2D eigenvalue weighted by Gasteiger charge is 2.33. The van der Waals surface area contributed by atoms with Crippen LogP contribution >= 0.6 is 11.6 Å². The summed E-state index contributed by atoms with van der Waals surface area (Å²) in [4.78, 5) is 6.77. The summed E-state index contributed by atoms with van der Waals surface area (Å²) >= 11 is 6.15. The summed E-state index contributed by atoms with van der Waals surface area (Å²) in [6, 6.07) is 14.5. The maximum absolute atomic E-state index is 13.0. The molecule has 8 nitrogen and oxygen atoms in total. The van der Waals surface area contributed by atoms with Crippen LogP contribution in [0.5, 0.6) is 5.75 Å². The van der Waals surface area contributed by atoms with E-state index in [1.807, 2.05) is 49.9 Å². The summed E-state index contributed by atoms with van der Waals surface area (Å²) in [6.07, 6.45) is 0. The minimum atomic E-state index is -3.59. The molecular formula is C23H27ClN4O4S. The molecule has 0 aliphatic carbocycles. The molecule has 4 rings (SSSR count). The van der Waals surface area contributed by atoms with Crippen molar-refractivity contribution in [3.8, 4) is 5.75 Å². The van der Waals surface area contributed by atoms with Crippen LogP contribution in [0.15, 0.2) is 57.9 Å². The Morgan fingerprint density at radius 3 is 2.42 bits per heavy atom. The molecule has 0 bridgehead atoms. The third-order valence-corrected chi connectivity index (χ3v) is 7.95. The Morgan fingerprint density at radius 2 is 1.79 bits per heavy atom. The fourth-order valence-corrected chi connectivity index (χ4v) is 5.36. The van der Waals surface area contributed by atoms with Crippen molar-refractivity contribution in [2.75, 3.05) is 37.7 Å². The molecule has 1 aliphatic rings. The zero-order valence-corrected chi connectivity index (χ0v) is 20.4. The Balaban J connectivity index is 1.44. The molecule has 33 heavy (non-hydrogen) atoms. The summed E-state index contributed by atoms with van der Waals surface area (Å²) in [6.45, 7) is 7.99. The second kappa shape index (κ2) is 9.32. The Hall–Kier alpha value is -2.62. The van der Waals surface area contributed by atoms with E-state index in [4.69, 9.17) is 20.9 Å². The topological polar surface area (TPSA) is 88.8 Å². The van der Waals surface area contributed by atoms with E-state index in [1.54, 1.807) is 24.3 Å². The monoisotopic (exact) mass is 490 g/mol. The Bertz CT molecular complexity index is 1200. The van der Waals surface area contributed by atoms with E-state index >= 15 is 0 Å². The number of aromatic nitrogens is 2. The number of ether oxygens (including phenoxy) is 1. The van der Waals surface area contributed by atoms with Gasteiger partial charge in [0.25, 0.3) is 0 Å². The van der Waals surface area contributed by atoms with Crippen LogP contribution in [0.25, 0.3) is 0 Å². The average Bonchev–Trinajstić information content (AvgIpc) is 3.31. The van der Waals surface area contributed by atoms with E-state index in [2.05, 4.69) is 10.1 Å². The number of benzene rings is 2. The molecule has 1 aliphatic heterocycles. The number of anilines is 1. The van der Waals surface area contributed by atoms with E-state index in [0.717, 1.165) is 5.56 Å². The van der Waals surface area contributed by atoms with Gasteiger partial charge in [-0.05, 0) is 62.7 Å². The molecule has 10 heteroatoms. The first-order chi connectivity index (χ1) is 15.7. The predicted molar refractivity (Wildman–Crippen MR) is 126 cm³/mol. The van der Waals surface area contributed by atoms with E-state index in [9.17, 15) is 8.42 Å². The van der Waals surface area contributed by atoms with Crippen LogP contribution in [-0.4, -0.2) is 55.6 Å². The predicted octanol–water partition coefficient (Wildman–Crippen LogP) is 3.96. The Kier molecular flexibility index (Phi) is 6.65. The first-order valence-electron chi connectivity index (χ1n) is 10.8. The van der Waals surface area contributed by atoms with E-state index in [-0.39, 0.29) is 4.90 Å². The van der Waals surface area contributed by atoms with Crippen LogP contribution in [-0.2, 0) is 15.4 Å². The molecule has 0 saturated carbocycles. The van der Waals surface area contributed by atoms with Gasteiger partial charge < -0.3 is 14.2 Å². The highest BCUT2D eigenvalue weighted by molar-refractivity contribution is 7.89. The molecule has 0 amide bonds. The standard InChI is InChI=1S/C23H27ClN4O4S/c1-4-31-19-8-10-20(11-9-19)33(29,30)28-14-12-27(13-15-28)22-25-21(26-32-22)23(2,3)17-6-5-7-18(24)16-17/h5-11,16H,4,12-15H2,1-3H3. The smallest absolute Gasteiger partial charge is 0.324 e. The molecule has 1 saturated heterocycles. The van der Waals surface area contributed by atoms with Crippen molar-refractivity contribution in [3.05, 3.63) is 64.9 Å². The minimum absolute atomic E-state index is 0.253. The summed E-state index contributed by atoms with van der Waals surface area (Å²) in [5, 5.41) is 4.84. The van der Waals surface area contributed by atoms with Crippen LogP contribution < -0.4 is 9.64 Å². The molecule has 0 unspecified atom stereocenters. The lowest BCUT2D eigenvalue weighted by molar-refractivity contribution is 0.339. The van der Waals surface area contributed by atoms with Gasteiger partial charge in [0.2, 0.25) is 10.0 Å². The Labute approximate surface area is 199 Å². The SMILES string of the molecule is CCOc1ccc(S(=O)(=O)N2CCN(c3nc(C(C)(C)c4cccc(Cl)c4)no3)CC2)cc1. The minimum Gasteiger partial charge on any atom is -0.494 e. The molecule has 0 spiro atoms. The molecule has 3 aromatic rings. The number of piperazine rings is 1. The third-order valence-electron chi connectivity index (χ3n) is 5.80. The summed E-state index contributed by atoms with van der Waals surface area (Å²) in [5.74, 6) is 1.19. The first-order valence-corrected chi connectivity index (χ1v) is 12.6. The quantitative estimate of drug-likeness (QED) is 0.495. The number of halogens is 1. The van der Waals surface area contributed by atoms with Gasteiger partial charge in [-0.25, -0.2) is 8.42 Å². The zero-order valence-electron chi connectivity index (χ0n) is 18.9. The lowest BCUT2D eigenvalue weighted by Crippen LogP contribution is -2.48. The summed E-state index contributed by atoms with van der Waals surface area (Å²) < 4.78 is 38.5. The summed E-state index contributed by atoms with van der Waals surface area (Å²) in [5.41, 5.74) is 0.486. The molecule has 1 aromatic heterocycles. The first kappa shape index (κ1) is 23.5. The molecule has 2 aromatic carbocycles. The molecule has 2 heterocycles. The molecule has 0 N–H and O–H groups in total. The molecule has 0 atom stereocenters. The second-order valence-electron chi connectivity index (χ2n) is 8.33. The fraction of sp³-hybridized carbons (Fsp3) is 0.391. The van der Waals surface area contributed by atoms with Gasteiger partial charge in [0, 0.05) is 31.2 Å². The van der Waals surface area contributed by atoms with Crippen molar-refractivity contribution in [3.63, 3.8) is 0 Å². The molecule has 176 valence electrons. The fourth-order valence-electron chi connectivity index (χ4n) is 3.75. The average molecular weight is 491 g/mol. The third kappa shape index (κ3) is 4.85. The maximum Gasteiger partial charge on any atom is 0.324 e. The van der Waals surface area contributed by atoms with Gasteiger partial charge in [-0.15, -0.1) is 0 Å². The van der Waals surface area contributed by atoms with Gasteiger partial charge in [-0.1, -0.05) is 28.9 Å². The second-order valence-corrected chi connectivity index (χ2v) is 10.7. The largest absolute Gasteiger partial charge is 0.494 e. The number of hydrogen-bond donors (Lipinski definition) is 0. The van der Waals surface area contributed by atoms with Gasteiger partial charge in [0.1, 0.15) is 5.75 Å². The van der Waals surface area contributed by atoms with Crippen molar-refractivity contribution in [1.29, 1.82) is 0 Å². The van der Waals surface area contributed by atoms with Gasteiger partial charge in [-0.2, -0.15) is 9.29 Å². The van der Waals surface area contributed by atoms with Crippen molar-refractivity contribution in [1.82, 2.24) is 14.4 Å². The van der Waals surface area contributed by atoms with Crippen molar-refractivity contribution in [2.24, 2.45) is 0 Å². The molecule has 0 radical (unpaired) electrons. The number of sulfonamides is 1. The molecular weight excluding hydrogens is 464 g/mol. The number of rotatable bonds is 7. The normalized spacial score (nSPS) is 15.6. The van der Waals surface area contributed by atoms with Crippen LogP contribution in [0.4, 0.5) is 6.01 Å². The van der Waals surface area contributed by atoms with Gasteiger partial charge in [-0.3, -0.25) is 0 Å². The van der Waals surface area contributed by atoms with Crippen LogP contribution in [0, 0.1) is 0 Å². The van der Waals surface area contributed by atoms with Crippen molar-refractivity contribution in [2.45, 2.75) is 31.1 Å². The van der Waals surface area contributed by atoms with Crippen molar-refractivity contribution >= 4 is 27.6 Å². The van der Waals surface area contributed by atoms with Crippen LogP contribution in [0.2, 0.25) is 5.02 Å². The lowest BCUT2D eigenvalue weighted by Gasteiger charge is -2.32. The van der Waals surface area contributed by atoms with Crippen LogP contribution in [0.1, 0.15) is 32.2 Å². The number of hydrogen-bond acceptors (Lipinski definition) is 7. The highest BCUT2D eigenvalue weighted by atomic mass is 35.5. The van der Waals surface area contributed by atoms with E-state index in [1.165, 1.54) is 4.31 Å². The van der Waals surface area contributed by atoms with Crippen molar-refractivity contribution < 1.29 is 17.7 Å². The van der Waals surface area contributed by atoms with E-state index in [0.29, 0.717) is 55.4 Å². The maximum atomic E-state index is 13.0. The van der Waals surface area contributed by atoms with Gasteiger partial charge in [0.15, 0.2) is 5.82 Å². The lowest BCUT2D eigenvalue weighted by atomic mass is 9.84. The number of nitrogens with zero attached hydrogens (tertiary/aromatic N) is 4. The highest BCUT2D eigenvalue weighted by Crippen LogP contribution is 2.32. The zero-order chi connectivity index (χ0) is 23.6. The Morgan fingerprint density at radius 1 is 1.09 bits per heavy atom. The van der Waals surface area contributed by atoms with Gasteiger partial charge in [0.05, 0.1) is 16.9 Å². The van der Waals surface area contributed by atoms with Crippen LogP contribution in [0.3, 0.4) is 0 Å². The van der Waals surface area contributed by atoms with E-state index < -0.39 is 15.4 Å². The van der Waals surface area contributed by atoms with Gasteiger partial charge >= 0.3 is 6.01 Å². The summed E-state index contributed by atoms with van der Waals surface area (Å²) in [7, 11) is -3.59.